The molecular weight excluding hydrogens is 262 g/mol. The molecule has 0 aliphatic carbocycles. The van der Waals surface area contributed by atoms with E-state index in [0.717, 1.165) is 5.56 Å². The largest absolute Gasteiger partial charge is 0.496 e. The smallest absolute Gasteiger partial charge is 0.265 e. The number of aliphatic hydroxyl groups excluding tert-OH is 1. The summed E-state index contributed by atoms with van der Waals surface area (Å²) in [6.07, 6.45) is 0. The van der Waals surface area contributed by atoms with Crippen molar-refractivity contribution in [2.24, 2.45) is 0 Å². The lowest BCUT2D eigenvalue weighted by molar-refractivity contribution is 0.103. The van der Waals surface area contributed by atoms with Gasteiger partial charge in [-0.2, -0.15) is 0 Å². The molecule has 0 radical (unpaired) electrons. The fourth-order valence-corrected chi connectivity index (χ4v) is 2.59. The summed E-state index contributed by atoms with van der Waals surface area (Å²) in [7, 11) is 1.54. The lowest BCUT2D eigenvalue weighted by Gasteiger charge is -2.10. The standard InChI is InChI=1S/C14H15NO3S/c1-9-5-6-19-13(9)14(17)15-11-3-4-12(18-2)10(7-11)8-16/h3-7,16H,8H2,1-2H3,(H,15,17). The number of aliphatic hydroxyl groups is 1. The van der Waals surface area contributed by atoms with Crippen LogP contribution in [0.2, 0.25) is 0 Å². The van der Waals surface area contributed by atoms with Crippen molar-refractivity contribution in [3.05, 3.63) is 45.6 Å². The molecule has 0 fully saturated rings. The number of anilines is 1. The zero-order valence-electron chi connectivity index (χ0n) is 10.8. The van der Waals surface area contributed by atoms with Crippen molar-refractivity contribution in [2.75, 3.05) is 12.4 Å². The number of nitrogens with one attached hydrogen (secondary N) is 1. The van der Waals surface area contributed by atoms with E-state index in [-0.39, 0.29) is 12.5 Å². The molecule has 0 unspecified atom stereocenters. The third-order valence-electron chi connectivity index (χ3n) is 2.78. The number of methoxy groups -OCH3 is 1. The first kappa shape index (κ1) is 13.6. The molecule has 1 aromatic carbocycles. The van der Waals surface area contributed by atoms with Crippen LogP contribution in [0.4, 0.5) is 5.69 Å². The van der Waals surface area contributed by atoms with E-state index >= 15 is 0 Å². The number of amides is 1. The second kappa shape index (κ2) is 5.86. The van der Waals surface area contributed by atoms with Crippen LogP contribution in [0.15, 0.2) is 29.6 Å². The minimum Gasteiger partial charge on any atom is -0.496 e. The number of thiophene rings is 1. The van der Waals surface area contributed by atoms with Crippen molar-refractivity contribution in [1.82, 2.24) is 0 Å². The Morgan fingerprint density at radius 2 is 2.21 bits per heavy atom. The first-order valence-electron chi connectivity index (χ1n) is 5.79. The summed E-state index contributed by atoms with van der Waals surface area (Å²) in [6.45, 7) is 1.77. The van der Waals surface area contributed by atoms with Gasteiger partial charge in [-0.05, 0) is 42.1 Å². The SMILES string of the molecule is COc1ccc(NC(=O)c2sccc2C)cc1CO. The number of rotatable bonds is 4. The van der Waals surface area contributed by atoms with E-state index < -0.39 is 0 Å². The lowest BCUT2D eigenvalue weighted by Crippen LogP contribution is -2.11. The molecule has 1 heterocycles. The van der Waals surface area contributed by atoms with Crippen LogP contribution in [-0.4, -0.2) is 18.1 Å². The average molecular weight is 277 g/mol. The molecule has 0 bridgehead atoms. The van der Waals surface area contributed by atoms with Crippen molar-refractivity contribution in [3.8, 4) is 5.75 Å². The maximum atomic E-state index is 12.1. The summed E-state index contributed by atoms with van der Waals surface area (Å²) in [6, 6.07) is 7.09. The van der Waals surface area contributed by atoms with Crippen molar-refractivity contribution in [3.63, 3.8) is 0 Å². The van der Waals surface area contributed by atoms with Crippen LogP contribution in [0.3, 0.4) is 0 Å². The van der Waals surface area contributed by atoms with Crippen molar-refractivity contribution in [2.45, 2.75) is 13.5 Å². The number of ether oxygens (including phenoxy) is 1. The van der Waals surface area contributed by atoms with Gasteiger partial charge in [-0.25, -0.2) is 0 Å². The number of aryl methyl sites for hydroxylation is 1. The van der Waals surface area contributed by atoms with Crippen molar-refractivity contribution < 1.29 is 14.6 Å². The van der Waals surface area contributed by atoms with E-state index in [2.05, 4.69) is 5.32 Å². The van der Waals surface area contributed by atoms with Gasteiger partial charge in [-0.3, -0.25) is 4.79 Å². The molecule has 4 nitrogen and oxygen atoms in total. The second-order valence-electron chi connectivity index (χ2n) is 4.07. The minimum atomic E-state index is -0.137. The predicted octanol–water partition coefficient (Wildman–Crippen LogP) is 2.81. The maximum absolute atomic E-state index is 12.1. The molecule has 2 rings (SSSR count). The highest BCUT2D eigenvalue weighted by atomic mass is 32.1. The van der Waals surface area contributed by atoms with Crippen LogP contribution >= 0.6 is 11.3 Å². The molecule has 0 spiro atoms. The van der Waals surface area contributed by atoms with E-state index in [1.807, 2.05) is 18.4 Å². The van der Waals surface area contributed by atoms with Crippen LogP contribution < -0.4 is 10.1 Å². The average Bonchev–Trinajstić information content (AvgIpc) is 2.85. The van der Waals surface area contributed by atoms with Gasteiger partial charge in [0.15, 0.2) is 0 Å². The zero-order valence-corrected chi connectivity index (χ0v) is 11.6. The number of carbonyl (C=O) groups excluding carboxylic acids is 1. The van der Waals surface area contributed by atoms with Crippen LogP contribution in [0, 0.1) is 6.92 Å². The zero-order chi connectivity index (χ0) is 13.8. The summed E-state index contributed by atoms with van der Waals surface area (Å²) in [5.41, 5.74) is 2.24. The Labute approximate surface area is 115 Å². The third kappa shape index (κ3) is 2.94. The topological polar surface area (TPSA) is 58.6 Å². The summed E-state index contributed by atoms with van der Waals surface area (Å²) in [5.74, 6) is 0.467. The van der Waals surface area contributed by atoms with Gasteiger partial charge in [-0.15, -0.1) is 11.3 Å². The molecule has 1 aromatic heterocycles. The monoisotopic (exact) mass is 277 g/mol. The van der Waals surface area contributed by atoms with Gasteiger partial charge < -0.3 is 15.2 Å². The molecule has 0 saturated heterocycles. The molecule has 5 heteroatoms. The van der Waals surface area contributed by atoms with Gasteiger partial charge >= 0.3 is 0 Å². The Kier molecular flexibility index (Phi) is 4.19. The second-order valence-corrected chi connectivity index (χ2v) is 4.99. The van der Waals surface area contributed by atoms with Crippen LogP contribution in [-0.2, 0) is 6.61 Å². The van der Waals surface area contributed by atoms with Gasteiger partial charge in [0.2, 0.25) is 0 Å². The molecule has 0 aliphatic heterocycles. The highest BCUT2D eigenvalue weighted by Crippen LogP contribution is 2.24. The first-order chi connectivity index (χ1) is 9.15. The Bertz CT molecular complexity index is 592. The molecule has 2 aromatic rings. The van der Waals surface area contributed by atoms with Crippen LogP contribution in [0.5, 0.6) is 5.75 Å². The quantitative estimate of drug-likeness (QED) is 0.903. The fourth-order valence-electron chi connectivity index (χ4n) is 1.77. The van der Waals surface area contributed by atoms with Gasteiger partial charge in [0.1, 0.15) is 5.75 Å². The van der Waals surface area contributed by atoms with Gasteiger partial charge in [-0.1, -0.05) is 0 Å². The van der Waals surface area contributed by atoms with Gasteiger partial charge in [0.05, 0.1) is 18.6 Å². The fraction of sp³-hybridized carbons (Fsp3) is 0.214. The van der Waals surface area contributed by atoms with E-state index in [9.17, 15) is 9.90 Å². The lowest BCUT2D eigenvalue weighted by atomic mass is 10.2. The molecule has 100 valence electrons. The summed E-state index contributed by atoms with van der Waals surface area (Å²) >= 11 is 1.41. The molecule has 1 amide bonds. The summed E-state index contributed by atoms with van der Waals surface area (Å²) in [4.78, 5) is 12.8. The molecule has 0 aliphatic rings. The Hall–Kier alpha value is -1.85. The molecule has 0 saturated carbocycles. The maximum Gasteiger partial charge on any atom is 0.265 e. The first-order valence-corrected chi connectivity index (χ1v) is 6.67. The van der Waals surface area contributed by atoms with E-state index in [4.69, 9.17) is 4.74 Å². The Morgan fingerprint density at radius 1 is 1.42 bits per heavy atom. The normalized spacial score (nSPS) is 10.3. The van der Waals surface area contributed by atoms with Crippen molar-refractivity contribution >= 4 is 22.9 Å². The van der Waals surface area contributed by atoms with Gasteiger partial charge in [0.25, 0.3) is 5.91 Å². The third-order valence-corrected chi connectivity index (χ3v) is 3.79. The minimum absolute atomic E-state index is 0.134. The van der Waals surface area contributed by atoms with Gasteiger partial charge in [0, 0.05) is 11.3 Å². The Balaban J connectivity index is 2.20. The summed E-state index contributed by atoms with van der Waals surface area (Å²) < 4.78 is 5.12. The van der Waals surface area contributed by atoms with Crippen LogP contribution in [0.25, 0.3) is 0 Å². The van der Waals surface area contributed by atoms with E-state index in [1.165, 1.54) is 11.3 Å². The highest BCUT2D eigenvalue weighted by molar-refractivity contribution is 7.12. The van der Waals surface area contributed by atoms with E-state index in [1.54, 1.807) is 25.3 Å². The number of benzene rings is 1. The number of carbonyl (C=O) groups is 1. The summed E-state index contributed by atoms with van der Waals surface area (Å²) in [5, 5.41) is 13.9. The van der Waals surface area contributed by atoms with E-state index in [0.29, 0.717) is 21.9 Å². The molecule has 2 N–H and O–H groups in total. The molecular formula is C14H15NO3S. The molecule has 19 heavy (non-hydrogen) atoms. The number of hydrogen-bond donors (Lipinski definition) is 2. The van der Waals surface area contributed by atoms with Crippen molar-refractivity contribution in [1.29, 1.82) is 0 Å². The predicted molar refractivity (Wildman–Crippen MR) is 75.9 cm³/mol. The molecule has 0 atom stereocenters. The number of hydrogen-bond acceptors (Lipinski definition) is 4. The highest BCUT2D eigenvalue weighted by Gasteiger charge is 2.11. The Morgan fingerprint density at radius 3 is 2.79 bits per heavy atom. The van der Waals surface area contributed by atoms with Crippen LogP contribution in [0.1, 0.15) is 20.8 Å².